The molecule has 0 bridgehead atoms. The van der Waals surface area contributed by atoms with Crippen molar-refractivity contribution in [1.29, 1.82) is 0 Å². The summed E-state index contributed by atoms with van der Waals surface area (Å²) in [5.74, 6) is 1.87. The van der Waals surface area contributed by atoms with Gasteiger partial charge in [-0.3, -0.25) is 0 Å². The first-order valence-electron chi connectivity index (χ1n) is 9.60. The maximum atomic E-state index is 4.93. The molecule has 2 aromatic carbocycles. The van der Waals surface area contributed by atoms with Crippen LogP contribution in [0, 0.1) is 0 Å². The second-order valence-corrected chi connectivity index (χ2v) is 8.30. The van der Waals surface area contributed by atoms with Crippen LogP contribution in [0.5, 0.6) is 0 Å². The molecule has 146 valence electrons. The SMILES string of the molecule is SC(CCCSc1ncccn1)c1nc(-c2ccccc2)c(-c2ccccc2)[nH]1. The van der Waals surface area contributed by atoms with Gasteiger partial charge in [0, 0.05) is 29.3 Å². The van der Waals surface area contributed by atoms with E-state index in [0.717, 1.165) is 52.1 Å². The first-order valence-corrected chi connectivity index (χ1v) is 11.1. The molecule has 4 rings (SSSR count). The van der Waals surface area contributed by atoms with Gasteiger partial charge in [-0.2, -0.15) is 12.6 Å². The molecule has 4 aromatic rings. The Hall–Kier alpha value is -2.57. The van der Waals surface area contributed by atoms with Gasteiger partial charge in [0.15, 0.2) is 5.16 Å². The molecule has 6 heteroatoms. The van der Waals surface area contributed by atoms with E-state index < -0.39 is 0 Å². The topological polar surface area (TPSA) is 54.5 Å². The van der Waals surface area contributed by atoms with Crippen molar-refractivity contribution in [2.75, 3.05) is 5.75 Å². The zero-order valence-electron chi connectivity index (χ0n) is 15.9. The molecule has 0 spiro atoms. The van der Waals surface area contributed by atoms with E-state index in [-0.39, 0.29) is 5.25 Å². The van der Waals surface area contributed by atoms with Crippen LogP contribution >= 0.6 is 24.4 Å². The monoisotopic (exact) mass is 418 g/mol. The molecule has 1 unspecified atom stereocenters. The third kappa shape index (κ3) is 5.08. The van der Waals surface area contributed by atoms with E-state index in [1.807, 2.05) is 42.5 Å². The highest BCUT2D eigenvalue weighted by Crippen LogP contribution is 2.34. The lowest BCUT2D eigenvalue weighted by atomic mass is 10.1. The van der Waals surface area contributed by atoms with Crippen LogP contribution in [0.3, 0.4) is 0 Å². The van der Waals surface area contributed by atoms with Crippen molar-refractivity contribution in [1.82, 2.24) is 19.9 Å². The molecule has 2 aromatic heterocycles. The van der Waals surface area contributed by atoms with Gasteiger partial charge in [0.05, 0.1) is 16.6 Å². The standard InChI is InChI=1S/C23H22N4S2/c28-19(13-7-16-29-23-24-14-8-15-25-23)22-26-20(17-9-3-1-4-10-17)21(27-22)18-11-5-2-6-12-18/h1-6,8-12,14-15,19,28H,7,13,16H2,(H,26,27). The minimum atomic E-state index is 0.0483. The van der Waals surface area contributed by atoms with Crippen molar-refractivity contribution >= 4 is 24.4 Å². The maximum absolute atomic E-state index is 4.93. The fraction of sp³-hybridized carbons (Fsp3) is 0.174. The van der Waals surface area contributed by atoms with Crippen molar-refractivity contribution in [2.45, 2.75) is 23.2 Å². The molecule has 4 nitrogen and oxygen atoms in total. The maximum Gasteiger partial charge on any atom is 0.187 e. The van der Waals surface area contributed by atoms with Crippen LogP contribution in [0.15, 0.2) is 84.3 Å². The molecule has 0 radical (unpaired) electrons. The van der Waals surface area contributed by atoms with Crippen LogP contribution in [0.25, 0.3) is 22.5 Å². The summed E-state index contributed by atoms with van der Waals surface area (Å²) in [5.41, 5.74) is 4.24. The number of benzene rings is 2. The largest absolute Gasteiger partial charge is 0.341 e. The Morgan fingerprint density at radius 1 is 0.862 bits per heavy atom. The Labute approximate surface area is 180 Å². The zero-order valence-corrected chi connectivity index (χ0v) is 17.6. The van der Waals surface area contributed by atoms with Crippen LogP contribution < -0.4 is 0 Å². The number of rotatable bonds is 8. The molecule has 0 saturated heterocycles. The van der Waals surface area contributed by atoms with Gasteiger partial charge in [0.1, 0.15) is 5.82 Å². The molecular weight excluding hydrogens is 396 g/mol. The van der Waals surface area contributed by atoms with E-state index in [9.17, 15) is 0 Å². The van der Waals surface area contributed by atoms with Crippen molar-refractivity contribution in [3.63, 3.8) is 0 Å². The predicted octanol–water partition coefficient (Wildman–Crippen LogP) is 6.08. The highest BCUT2D eigenvalue weighted by molar-refractivity contribution is 7.99. The average Bonchev–Trinajstić information content (AvgIpc) is 3.24. The van der Waals surface area contributed by atoms with E-state index in [1.54, 1.807) is 24.2 Å². The van der Waals surface area contributed by atoms with Gasteiger partial charge in [0.25, 0.3) is 0 Å². The molecule has 0 fully saturated rings. The Morgan fingerprint density at radius 3 is 2.21 bits per heavy atom. The lowest BCUT2D eigenvalue weighted by Crippen LogP contribution is -1.95. The highest BCUT2D eigenvalue weighted by atomic mass is 32.2. The minimum Gasteiger partial charge on any atom is -0.341 e. The Kier molecular flexibility index (Phi) is 6.64. The van der Waals surface area contributed by atoms with Gasteiger partial charge in [-0.25, -0.2) is 15.0 Å². The fourth-order valence-electron chi connectivity index (χ4n) is 3.10. The van der Waals surface area contributed by atoms with Crippen molar-refractivity contribution in [3.8, 4) is 22.5 Å². The second-order valence-electron chi connectivity index (χ2n) is 6.62. The number of H-pyrrole nitrogens is 1. The van der Waals surface area contributed by atoms with Gasteiger partial charge in [-0.05, 0) is 18.9 Å². The number of thiol groups is 1. The lowest BCUT2D eigenvalue weighted by molar-refractivity contribution is 0.755. The summed E-state index contributed by atoms with van der Waals surface area (Å²) in [4.78, 5) is 17.0. The lowest BCUT2D eigenvalue weighted by Gasteiger charge is -2.07. The van der Waals surface area contributed by atoms with E-state index in [2.05, 4.69) is 39.2 Å². The molecule has 29 heavy (non-hydrogen) atoms. The number of nitrogens with one attached hydrogen (secondary N) is 1. The number of thioether (sulfide) groups is 1. The van der Waals surface area contributed by atoms with Crippen LogP contribution in [0.2, 0.25) is 0 Å². The van der Waals surface area contributed by atoms with Gasteiger partial charge in [-0.15, -0.1) is 0 Å². The molecule has 0 aliphatic heterocycles. The molecular formula is C23H22N4S2. The van der Waals surface area contributed by atoms with Crippen LogP contribution in [0.1, 0.15) is 23.9 Å². The van der Waals surface area contributed by atoms with Crippen LogP contribution in [0.4, 0.5) is 0 Å². The molecule has 0 saturated carbocycles. The molecule has 1 N–H and O–H groups in total. The zero-order chi connectivity index (χ0) is 19.9. The third-order valence-corrected chi connectivity index (χ3v) is 6.01. The first kappa shape index (κ1) is 19.7. The van der Waals surface area contributed by atoms with Crippen molar-refractivity contribution < 1.29 is 0 Å². The summed E-state index contributed by atoms with van der Waals surface area (Å²) in [7, 11) is 0. The third-order valence-electron chi connectivity index (χ3n) is 4.54. The predicted molar refractivity (Wildman–Crippen MR) is 123 cm³/mol. The smallest absolute Gasteiger partial charge is 0.187 e. The summed E-state index contributed by atoms with van der Waals surface area (Å²) < 4.78 is 0. The fourth-order valence-corrected chi connectivity index (χ4v) is 4.17. The van der Waals surface area contributed by atoms with E-state index >= 15 is 0 Å². The second kappa shape index (κ2) is 9.76. The van der Waals surface area contributed by atoms with Crippen molar-refractivity contribution in [2.24, 2.45) is 0 Å². The highest BCUT2D eigenvalue weighted by Gasteiger charge is 2.18. The molecule has 2 heterocycles. The summed E-state index contributed by atoms with van der Waals surface area (Å²) in [5, 5.41) is 0.867. The first-order chi connectivity index (χ1) is 14.3. The van der Waals surface area contributed by atoms with Crippen LogP contribution in [-0.4, -0.2) is 25.7 Å². The summed E-state index contributed by atoms with van der Waals surface area (Å²) in [6.45, 7) is 0. The summed E-state index contributed by atoms with van der Waals surface area (Å²) in [6, 6.07) is 22.5. The normalized spacial score (nSPS) is 12.0. The van der Waals surface area contributed by atoms with E-state index in [0.29, 0.717) is 0 Å². The summed E-state index contributed by atoms with van der Waals surface area (Å²) in [6.07, 6.45) is 5.49. The van der Waals surface area contributed by atoms with Gasteiger partial charge in [-0.1, -0.05) is 72.4 Å². The molecule has 0 amide bonds. The van der Waals surface area contributed by atoms with E-state index in [4.69, 9.17) is 17.6 Å². The molecule has 0 aliphatic carbocycles. The number of nitrogens with zero attached hydrogens (tertiary/aromatic N) is 3. The number of imidazole rings is 1. The number of aromatic nitrogens is 4. The Balaban J connectivity index is 1.49. The number of hydrogen-bond acceptors (Lipinski definition) is 5. The number of hydrogen-bond donors (Lipinski definition) is 2. The summed E-state index contributed by atoms with van der Waals surface area (Å²) >= 11 is 6.50. The minimum absolute atomic E-state index is 0.0483. The van der Waals surface area contributed by atoms with Gasteiger partial charge >= 0.3 is 0 Å². The average molecular weight is 419 g/mol. The van der Waals surface area contributed by atoms with E-state index in [1.165, 1.54) is 0 Å². The quantitative estimate of drug-likeness (QED) is 0.158. The molecule has 1 atom stereocenters. The number of aromatic amines is 1. The van der Waals surface area contributed by atoms with Gasteiger partial charge in [0.2, 0.25) is 0 Å². The Morgan fingerprint density at radius 2 is 1.52 bits per heavy atom. The Bertz CT molecular complexity index is 964. The molecule has 0 aliphatic rings. The van der Waals surface area contributed by atoms with Crippen molar-refractivity contribution in [3.05, 3.63) is 84.9 Å². The van der Waals surface area contributed by atoms with Gasteiger partial charge < -0.3 is 4.98 Å². The van der Waals surface area contributed by atoms with Crippen LogP contribution in [-0.2, 0) is 0 Å².